The maximum absolute atomic E-state index is 12.2. The van der Waals surface area contributed by atoms with E-state index in [2.05, 4.69) is 0 Å². The van der Waals surface area contributed by atoms with Gasteiger partial charge in [0.05, 0.1) is 10.5 Å². The Morgan fingerprint density at radius 3 is 2.00 bits per heavy atom. The fourth-order valence-corrected chi connectivity index (χ4v) is 1.57. The number of sulfone groups is 1. The molecule has 0 fully saturated rings. The fraction of sp³-hybridized carbons (Fsp3) is 0.400. The van der Waals surface area contributed by atoms with Crippen LogP contribution in [0.4, 0.5) is 13.2 Å². The number of hydrogen-bond acceptors (Lipinski definition) is 2. The summed E-state index contributed by atoms with van der Waals surface area (Å²) < 4.78 is 58.4. The molecule has 1 rings (SSSR count). The molecule has 0 spiro atoms. The first-order valence-corrected chi connectivity index (χ1v) is 6.48. The lowest BCUT2D eigenvalue weighted by atomic mass is 10.2. The zero-order valence-electron chi connectivity index (χ0n) is 9.17. The van der Waals surface area contributed by atoms with Gasteiger partial charge in [-0.1, -0.05) is 19.9 Å². The molecule has 92 valence electrons. The normalized spacial score (nSPS) is 11.6. The first-order valence-electron chi connectivity index (χ1n) is 4.58. The Bertz CT molecular complexity index is 436. The highest BCUT2D eigenvalue weighted by molar-refractivity contribution is 7.90. The van der Waals surface area contributed by atoms with Gasteiger partial charge in [0, 0.05) is 6.26 Å². The lowest BCUT2D eigenvalue weighted by Gasteiger charge is -2.07. The maximum atomic E-state index is 12.2. The first kappa shape index (κ1) is 15.0. The molecule has 16 heavy (non-hydrogen) atoms. The molecule has 1 aromatic rings. The summed E-state index contributed by atoms with van der Waals surface area (Å²) in [6, 6.07) is 3.65. The molecule has 0 heterocycles. The molecule has 0 aromatic heterocycles. The van der Waals surface area contributed by atoms with Crippen LogP contribution in [0, 0.1) is 0 Å². The van der Waals surface area contributed by atoms with Gasteiger partial charge in [-0.3, -0.25) is 0 Å². The van der Waals surface area contributed by atoms with Crippen LogP contribution >= 0.6 is 0 Å². The van der Waals surface area contributed by atoms with Crippen LogP contribution in [0.5, 0.6) is 0 Å². The lowest BCUT2D eigenvalue weighted by molar-refractivity contribution is -0.137. The van der Waals surface area contributed by atoms with E-state index in [9.17, 15) is 21.6 Å². The molecule has 0 atom stereocenters. The molecule has 2 nitrogen and oxygen atoms in total. The highest BCUT2D eigenvalue weighted by Gasteiger charge is 2.31. The van der Waals surface area contributed by atoms with Crippen LogP contribution in [0.25, 0.3) is 0 Å². The summed E-state index contributed by atoms with van der Waals surface area (Å²) in [5.41, 5.74) is -0.958. The summed E-state index contributed by atoms with van der Waals surface area (Å²) >= 11 is 0. The van der Waals surface area contributed by atoms with Crippen molar-refractivity contribution in [2.24, 2.45) is 0 Å². The van der Waals surface area contributed by atoms with Crippen molar-refractivity contribution in [2.45, 2.75) is 24.9 Å². The van der Waals surface area contributed by atoms with Crippen LogP contribution in [0.2, 0.25) is 0 Å². The Morgan fingerprint density at radius 1 is 1.12 bits per heavy atom. The first-order chi connectivity index (χ1) is 7.21. The third-order valence-corrected chi connectivity index (χ3v) is 2.70. The molecule has 1 aromatic carbocycles. The van der Waals surface area contributed by atoms with Gasteiger partial charge in [-0.05, 0) is 18.2 Å². The molecule has 0 unspecified atom stereocenters. The minimum atomic E-state index is -4.51. The zero-order valence-corrected chi connectivity index (χ0v) is 9.98. The molecule has 0 amide bonds. The van der Waals surface area contributed by atoms with Gasteiger partial charge in [0.25, 0.3) is 0 Å². The van der Waals surface area contributed by atoms with Crippen LogP contribution in [0.15, 0.2) is 29.2 Å². The van der Waals surface area contributed by atoms with Crippen molar-refractivity contribution in [3.63, 3.8) is 0 Å². The minimum Gasteiger partial charge on any atom is -0.224 e. The predicted octanol–water partition coefficient (Wildman–Crippen LogP) is 3.14. The Labute approximate surface area is 93.0 Å². The average Bonchev–Trinajstić information content (AvgIpc) is 2.18. The van der Waals surface area contributed by atoms with Gasteiger partial charge in [-0.25, -0.2) is 8.42 Å². The van der Waals surface area contributed by atoms with Gasteiger partial charge in [-0.2, -0.15) is 13.2 Å². The Kier molecular flexibility index (Phi) is 4.99. The molecule has 0 bridgehead atoms. The number of rotatable bonds is 1. The van der Waals surface area contributed by atoms with Gasteiger partial charge in [-0.15, -0.1) is 0 Å². The van der Waals surface area contributed by atoms with Gasteiger partial charge in [0.15, 0.2) is 9.84 Å². The monoisotopic (exact) mass is 254 g/mol. The molecule has 0 radical (unpaired) electrons. The summed E-state index contributed by atoms with van der Waals surface area (Å²) in [6.07, 6.45) is -3.65. The number of benzene rings is 1. The van der Waals surface area contributed by atoms with Crippen molar-refractivity contribution in [1.29, 1.82) is 0 Å². The molecule has 0 saturated carbocycles. The highest BCUT2D eigenvalue weighted by atomic mass is 32.2. The third-order valence-electron chi connectivity index (χ3n) is 1.59. The van der Waals surface area contributed by atoms with Gasteiger partial charge < -0.3 is 0 Å². The van der Waals surface area contributed by atoms with Crippen LogP contribution in [0.1, 0.15) is 19.4 Å². The number of hydrogen-bond donors (Lipinski definition) is 0. The van der Waals surface area contributed by atoms with Crippen LogP contribution in [-0.4, -0.2) is 14.7 Å². The SMILES string of the molecule is CC.CS(=O)(=O)c1cccc(C(F)(F)F)c1. The lowest BCUT2D eigenvalue weighted by Crippen LogP contribution is -2.06. The van der Waals surface area contributed by atoms with Crippen molar-refractivity contribution >= 4 is 9.84 Å². The van der Waals surface area contributed by atoms with Gasteiger partial charge >= 0.3 is 6.18 Å². The second kappa shape index (κ2) is 5.34. The van der Waals surface area contributed by atoms with E-state index < -0.39 is 21.6 Å². The minimum absolute atomic E-state index is 0.327. The van der Waals surface area contributed by atoms with Crippen molar-refractivity contribution in [3.8, 4) is 0 Å². The molecular weight excluding hydrogens is 241 g/mol. The smallest absolute Gasteiger partial charge is 0.224 e. The van der Waals surface area contributed by atoms with Crippen LogP contribution < -0.4 is 0 Å². The second-order valence-electron chi connectivity index (χ2n) is 2.80. The molecule has 0 N–H and O–H groups in total. The Balaban J connectivity index is 0.00000106. The molecule has 0 aliphatic carbocycles. The summed E-state index contributed by atoms with van der Waals surface area (Å²) in [5, 5.41) is 0. The van der Waals surface area contributed by atoms with E-state index in [-0.39, 0.29) is 4.90 Å². The maximum Gasteiger partial charge on any atom is 0.416 e. The summed E-state index contributed by atoms with van der Waals surface area (Å²) in [6.45, 7) is 4.00. The molecule has 0 saturated heterocycles. The van der Waals surface area contributed by atoms with Gasteiger partial charge in [0.2, 0.25) is 0 Å². The van der Waals surface area contributed by atoms with Crippen LogP contribution in [-0.2, 0) is 16.0 Å². The van der Waals surface area contributed by atoms with E-state index in [1.54, 1.807) is 0 Å². The summed E-state index contributed by atoms with van der Waals surface area (Å²) in [7, 11) is -3.59. The predicted molar refractivity (Wildman–Crippen MR) is 55.9 cm³/mol. The van der Waals surface area contributed by atoms with E-state index in [4.69, 9.17) is 0 Å². The third kappa shape index (κ3) is 4.22. The van der Waals surface area contributed by atoms with E-state index in [0.29, 0.717) is 6.07 Å². The summed E-state index contributed by atoms with van der Waals surface area (Å²) in [4.78, 5) is -0.327. The second-order valence-corrected chi connectivity index (χ2v) is 4.81. The van der Waals surface area contributed by atoms with Crippen molar-refractivity contribution < 1.29 is 21.6 Å². The Hall–Kier alpha value is -1.04. The number of halogens is 3. The van der Waals surface area contributed by atoms with Crippen LogP contribution in [0.3, 0.4) is 0 Å². The molecular formula is C10H13F3O2S. The Morgan fingerprint density at radius 2 is 1.62 bits per heavy atom. The largest absolute Gasteiger partial charge is 0.416 e. The highest BCUT2D eigenvalue weighted by Crippen LogP contribution is 2.30. The van der Waals surface area contributed by atoms with E-state index in [1.165, 1.54) is 0 Å². The molecule has 0 aliphatic rings. The van der Waals surface area contributed by atoms with E-state index >= 15 is 0 Å². The quantitative estimate of drug-likeness (QED) is 0.771. The van der Waals surface area contributed by atoms with Crippen molar-refractivity contribution in [2.75, 3.05) is 6.26 Å². The molecule has 6 heteroatoms. The van der Waals surface area contributed by atoms with E-state index in [1.807, 2.05) is 13.8 Å². The van der Waals surface area contributed by atoms with Crippen molar-refractivity contribution in [1.82, 2.24) is 0 Å². The zero-order chi connectivity index (χ0) is 13.0. The summed E-state index contributed by atoms with van der Waals surface area (Å²) in [5.74, 6) is 0. The topological polar surface area (TPSA) is 34.1 Å². The fourth-order valence-electron chi connectivity index (χ4n) is 0.903. The van der Waals surface area contributed by atoms with Gasteiger partial charge in [0.1, 0.15) is 0 Å². The van der Waals surface area contributed by atoms with Crippen molar-refractivity contribution in [3.05, 3.63) is 29.8 Å². The van der Waals surface area contributed by atoms with E-state index in [0.717, 1.165) is 24.5 Å². The number of alkyl halides is 3. The molecule has 0 aliphatic heterocycles. The standard InChI is InChI=1S/C8H7F3O2S.C2H6/c1-14(12,13)7-4-2-3-6(5-7)8(9,10)11;1-2/h2-5H,1H3;1-2H3. The average molecular weight is 254 g/mol.